The maximum absolute atomic E-state index is 12.3. The lowest BCUT2D eigenvalue weighted by Gasteiger charge is -2.29. The molecule has 6 rings (SSSR count). The predicted molar refractivity (Wildman–Crippen MR) is 162 cm³/mol. The minimum atomic E-state index is -0.190. The molecule has 1 saturated heterocycles. The fourth-order valence-corrected chi connectivity index (χ4v) is 6.24. The number of benzene rings is 2. The average Bonchev–Trinajstić information content (AvgIpc) is 3.66. The lowest BCUT2D eigenvalue weighted by Crippen LogP contribution is -2.30. The van der Waals surface area contributed by atoms with Crippen LogP contribution in [0.1, 0.15) is 42.9 Å². The number of aromatic nitrogens is 3. The molecule has 0 aliphatic carbocycles. The summed E-state index contributed by atoms with van der Waals surface area (Å²) in [5.74, 6) is -0.107. The zero-order valence-electron chi connectivity index (χ0n) is 21.8. The normalized spacial score (nSPS) is 17.1. The Balaban J connectivity index is 1.45. The van der Waals surface area contributed by atoms with Crippen molar-refractivity contribution in [1.29, 1.82) is 0 Å². The highest BCUT2D eigenvalue weighted by atomic mass is 32.1. The van der Waals surface area contributed by atoms with E-state index in [-0.39, 0.29) is 23.9 Å². The smallest absolute Gasteiger partial charge is 0.226 e. The second-order valence-corrected chi connectivity index (χ2v) is 11.3. The van der Waals surface area contributed by atoms with Gasteiger partial charge in [-0.15, -0.1) is 0 Å². The summed E-state index contributed by atoms with van der Waals surface area (Å²) >= 11 is 7.60. The fraction of sp³-hybridized carbons (Fsp3) is 0.200. The van der Waals surface area contributed by atoms with Crippen LogP contribution in [0.3, 0.4) is 0 Å². The van der Waals surface area contributed by atoms with Crippen molar-refractivity contribution in [2.24, 2.45) is 5.92 Å². The molecule has 2 N–H and O–H groups in total. The van der Waals surface area contributed by atoms with E-state index >= 15 is 0 Å². The summed E-state index contributed by atoms with van der Waals surface area (Å²) in [4.78, 5) is 24.1. The number of para-hydroxylation sites is 1. The van der Waals surface area contributed by atoms with Crippen molar-refractivity contribution in [2.75, 3.05) is 10.2 Å². The highest BCUT2D eigenvalue weighted by Crippen LogP contribution is 2.43. The third kappa shape index (κ3) is 4.68. The molecule has 1 aliphatic rings. The van der Waals surface area contributed by atoms with Crippen LogP contribution >= 0.6 is 23.6 Å². The Labute approximate surface area is 236 Å². The van der Waals surface area contributed by atoms with E-state index in [1.807, 2.05) is 81.6 Å². The van der Waals surface area contributed by atoms with Crippen LogP contribution in [0.2, 0.25) is 0 Å². The van der Waals surface area contributed by atoms with Gasteiger partial charge in [-0.3, -0.25) is 14.3 Å². The average molecular weight is 553 g/mol. The van der Waals surface area contributed by atoms with Crippen LogP contribution in [-0.4, -0.2) is 25.6 Å². The number of nitrogens with one attached hydrogen (secondary N) is 2. The van der Waals surface area contributed by atoms with Crippen molar-refractivity contribution in [3.63, 3.8) is 0 Å². The summed E-state index contributed by atoms with van der Waals surface area (Å²) in [5.41, 5.74) is 5.63. The minimum absolute atomic E-state index is 0.00837. The first kappa shape index (κ1) is 25.2. The highest BCUT2D eigenvalue weighted by Gasteiger charge is 2.42. The van der Waals surface area contributed by atoms with Gasteiger partial charge in [0.25, 0.3) is 0 Å². The number of aryl methyl sites for hydroxylation is 1. The Morgan fingerprint density at radius 2 is 1.90 bits per heavy atom. The Hall–Kier alpha value is -4.08. The summed E-state index contributed by atoms with van der Waals surface area (Å²) in [6.45, 7) is 5.77. The Kier molecular flexibility index (Phi) is 6.62. The van der Waals surface area contributed by atoms with Crippen LogP contribution in [-0.2, 0) is 4.79 Å². The summed E-state index contributed by atoms with van der Waals surface area (Å²) in [6, 6.07) is 24.0. The van der Waals surface area contributed by atoms with Crippen molar-refractivity contribution in [3.05, 3.63) is 102 Å². The molecular formula is C30H28N6OS2. The fourth-order valence-electron chi connectivity index (χ4n) is 4.92. The maximum atomic E-state index is 12.3. The third-order valence-corrected chi connectivity index (χ3v) is 8.29. The molecule has 1 amide bonds. The highest BCUT2D eigenvalue weighted by molar-refractivity contribution is 7.80. The van der Waals surface area contributed by atoms with Gasteiger partial charge in [0.2, 0.25) is 5.91 Å². The van der Waals surface area contributed by atoms with Gasteiger partial charge in [0.1, 0.15) is 6.04 Å². The summed E-state index contributed by atoms with van der Waals surface area (Å²) in [6.07, 6.45) is 3.86. The van der Waals surface area contributed by atoms with E-state index in [0.717, 1.165) is 43.7 Å². The Bertz CT molecular complexity index is 1640. The van der Waals surface area contributed by atoms with Crippen LogP contribution in [0.4, 0.5) is 11.4 Å². The zero-order chi connectivity index (χ0) is 27.1. The maximum Gasteiger partial charge on any atom is 0.226 e. The van der Waals surface area contributed by atoms with Gasteiger partial charge >= 0.3 is 0 Å². The standard InChI is InChI=1S/C30H28N6OS2/c1-18(2)28(37)32-21-14-13-20(17-19(21)3)36-27(26(34-29(36)38)23-10-6-7-15-31-23)24-11-8-16-35(24)30-33-22-9-4-5-12-25(22)39-30/h4-18,26-27H,1-3H3,(H,32,37)(H,34,38)/t26-,27-/m1/s1. The van der Waals surface area contributed by atoms with E-state index in [0.29, 0.717) is 5.11 Å². The van der Waals surface area contributed by atoms with E-state index in [1.54, 1.807) is 11.3 Å². The second-order valence-electron chi connectivity index (χ2n) is 9.91. The topological polar surface area (TPSA) is 75.1 Å². The molecule has 3 aromatic heterocycles. The van der Waals surface area contributed by atoms with Gasteiger partial charge in [0.05, 0.1) is 27.6 Å². The number of hydrogen-bond donors (Lipinski definition) is 2. The number of thiazole rings is 1. The number of thiocarbonyl (C=S) groups is 1. The molecule has 0 saturated carbocycles. The van der Waals surface area contributed by atoms with E-state index in [4.69, 9.17) is 17.2 Å². The minimum Gasteiger partial charge on any atom is -0.351 e. The van der Waals surface area contributed by atoms with Crippen LogP contribution in [0.25, 0.3) is 15.3 Å². The summed E-state index contributed by atoms with van der Waals surface area (Å²) in [5, 5.41) is 8.08. The first-order valence-electron chi connectivity index (χ1n) is 12.9. The number of anilines is 2. The van der Waals surface area contributed by atoms with Crippen molar-refractivity contribution in [2.45, 2.75) is 32.9 Å². The number of pyridine rings is 1. The molecule has 4 heterocycles. The van der Waals surface area contributed by atoms with E-state index in [9.17, 15) is 4.79 Å². The van der Waals surface area contributed by atoms with E-state index in [2.05, 4.69) is 49.5 Å². The van der Waals surface area contributed by atoms with Gasteiger partial charge in [-0.25, -0.2) is 4.98 Å². The van der Waals surface area contributed by atoms with Crippen LogP contribution in [0.15, 0.2) is 85.2 Å². The third-order valence-electron chi connectivity index (χ3n) is 6.94. The molecule has 7 nitrogen and oxygen atoms in total. The number of amides is 1. The van der Waals surface area contributed by atoms with Gasteiger partial charge in [-0.05, 0) is 79.3 Å². The predicted octanol–water partition coefficient (Wildman–Crippen LogP) is 6.56. The number of carbonyl (C=O) groups is 1. The molecular weight excluding hydrogens is 525 g/mol. The molecule has 2 atom stereocenters. The van der Waals surface area contributed by atoms with Gasteiger partial charge in [-0.1, -0.05) is 43.4 Å². The number of nitrogens with zero attached hydrogens (tertiary/aromatic N) is 4. The lowest BCUT2D eigenvalue weighted by molar-refractivity contribution is -0.118. The van der Waals surface area contributed by atoms with Crippen LogP contribution in [0.5, 0.6) is 0 Å². The molecule has 1 aliphatic heterocycles. The van der Waals surface area contributed by atoms with Gasteiger partial charge in [0, 0.05) is 29.7 Å². The van der Waals surface area contributed by atoms with Crippen molar-refractivity contribution in [1.82, 2.24) is 19.9 Å². The number of rotatable bonds is 6. The Morgan fingerprint density at radius 3 is 2.64 bits per heavy atom. The number of carbonyl (C=O) groups excluding carboxylic acids is 1. The molecule has 0 bridgehead atoms. The molecule has 1 fully saturated rings. The zero-order valence-corrected chi connectivity index (χ0v) is 23.5. The van der Waals surface area contributed by atoms with E-state index < -0.39 is 0 Å². The number of hydrogen-bond acceptors (Lipinski definition) is 5. The van der Waals surface area contributed by atoms with Gasteiger partial charge in [0.15, 0.2) is 10.2 Å². The molecule has 196 valence electrons. The summed E-state index contributed by atoms with van der Waals surface area (Å²) < 4.78 is 3.29. The van der Waals surface area contributed by atoms with Crippen molar-refractivity contribution >= 4 is 56.2 Å². The molecule has 9 heteroatoms. The summed E-state index contributed by atoms with van der Waals surface area (Å²) in [7, 11) is 0. The van der Waals surface area contributed by atoms with E-state index in [1.165, 1.54) is 0 Å². The Morgan fingerprint density at radius 1 is 1.08 bits per heavy atom. The molecule has 2 aromatic carbocycles. The molecule has 0 unspecified atom stereocenters. The SMILES string of the molecule is Cc1cc(N2C(=S)N[C@H](c3ccccn3)[C@H]2c2cccn2-c2nc3ccccc3s2)ccc1NC(=O)C(C)C. The first-order chi connectivity index (χ1) is 18.9. The molecule has 0 radical (unpaired) electrons. The molecule has 5 aromatic rings. The van der Waals surface area contributed by atoms with Gasteiger partial charge < -0.3 is 15.5 Å². The van der Waals surface area contributed by atoms with Gasteiger partial charge in [-0.2, -0.15) is 0 Å². The van der Waals surface area contributed by atoms with Crippen LogP contribution < -0.4 is 15.5 Å². The van der Waals surface area contributed by atoms with Crippen molar-refractivity contribution in [3.8, 4) is 5.13 Å². The molecule has 0 spiro atoms. The second kappa shape index (κ2) is 10.2. The largest absolute Gasteiger partial charge is 0.351 e. The van der Waals surface area contributed by atoms with Crippen molar-refractivity contribution < 1.29 is 4.79 Å². The molecule has 39 heavy (non-hydrogen) atoms. The lowest BCUT2D eigenvalue weighted by atomic mass is 10.0. The first-order valence-corrected chi connectivity index (χ1v) is 14.1. The quantitative estimate of drug-likeness (QED) is 0.232. The van der Waals surface area contributed by atoms with Crippen LogP contribution in [0, 0.1) is 12.8 Å². The monoisotopic (exact) mass is 552 g/mol. The number of fused-ring (bicyclic) bond motifs is 1.